The Balaban J connectivity index is 1.35. The number of fused-ring (bicyclic) bond motifs is 2. The summed E-state index contributed by atoms with van der Waals surface area (Å²) in [6.45, 7) is 7.11. The highest BCUT2D eigenvalue weighted by molar-refractivity contribution is 7.20. The maximum atomic E-state index is 12.7. The third-order valence-electron chi connectivity index (χ3n) is 4.89. The van der Waals surface area contributed by atoms with Gasteiger partial charge in [0.1, 0.15) is 16.1 Å². The molecular formula is C23H23N3O2S. The minimum absolute atomic E-state index is 0.0469. The van der Waals surface area contributed by atoms with E-state index in [1.807, 2.05) is 44.2 Å². The Morgan fingerprint density at radius 1 is 1.17 bits per heavy atom. The molecule has 0 aliphatic carbocycles. The number of hydrogen-bond donors (Lipinski definition) is 1. The van der Waals surface area contributed by atoms with Crippen molar-refractivity contribution in [2.75, 3.05) is 13.2 Å². The van der Waals surface area contributed by atoms with Gasteiger partial charge in [-0.05, 0) is 56.5 Å². The van der Waals surface area contributed by atoms with Crippen molar-refractivity contribution >= 4 is 38.4 Å². The molecule has 1 amide bonds. The Hall–Kier alpha value is -2.99. The first kappa shape index (κ1) is 19.3. The van der Waals surface area contributed by atoms with Gasteiger partial charge in [0, 0.05) is 29.2 Å². The van der Waals surface area contributed by atoms with E-state index in [4.69, 9.17) is 4.74 Å². The molecule has 0 aliphatic rings. The predicted octanol–water partition coefficient (Wildman–Crippen LogP) is 4.97. The summed E-state index contributed by atoms with van der Waals surface area (Å²) in [6.07, 6.45) is 2.48. The van der Waals surface area contributed by atoms with Gasteiger partial charge in [-0.25, -0.2) is 4.98 Å². The molecule has 0 aliphatic heterocycles. The molecular weight excluding hydrogens is 382 g/mol. The molecule has 6 heteroatoms. The van der Waals surface area contributed by atoms with Gasteiger partial charge in [0.15, 0.2) is 0 Å². The second kappa shape index (κ2) is 8.17. The molecule has 4 aromatic rings. The molecule has 0 saturated heterocycles. The number of nitrogens with zero attached hydrogens (tertiary/aromatic N) is 2. The highest BCUT2D eigenvalue weighted by Gasteiger charge is 2.17. The van der Waals surface area contributed by atoms with E-state index in [0.717, 1.165) is 55.0 Å². The molecule has 1 N–H and O–H groups in total. The molecule has 29 heavy (non-hydrogen) atoms. The molecule has 0 bridgehead atoms. The topological polar surface area (TPSA) is 64.1 Å². The molecule has 148 valence electrons. The Morgan fingerprint density at radius 2 is 2.00 bits per heavy atom. The number of amides is 1. The van der Waals surface area contributed by atoms with E-state index in [1.165, 1.54) is 11.3 Å². The molecule has 0 fully saturated rings. The Kier molecular flexibility index (Phi) is 5.45. The van der Waals surface area contributed by atoms with Gasteiger partial charge in [0.2, 0.25) is 0 Å². The monoisotopic (exact) mass is 405 g/mol. The maximum Gasteiger partial charge on any atom is 0.261 e. The number of aromatic nitrogens is 2. The summed E-state index contributed by atoms with van der Waals surface area (Å²) in [5.41, 5.74) is 4.00. The number of aryl methyl sites for hydroxylation is 3. The quantitative estimate of drug-likeness (QED) is 0.460. The summed E-state index contributed by atoms with van der Waals surface area (Å²) in [5.74, 6) is 0.723. The molecule has 0 atom stereocenters. The van der Waals surface area contributed by atoms with Crippen LogP contribution in [-0.2, 0) is 0 Å². The van der Waals surface area contributed by atoms with Crippen LogP contribution in [0.3, 0.4) is 0 Å². The average molecular weight is 406 g/mol. The second-order valence-corrected chi connectivity index (χ2v) is 8.11. The zero-order valence-corrected chi connectivity index (χ0v) is 17.6. The second-order valence-electron chi connectivity index (χ2n) is 7.11. The van der Waals surface area contributed by atoms with Gasteiger partial charge < -0.3 is 10.1 Å². The summed E-state index contributed by atoms with van der Waals surface area (Å²) < 4.78 is 5.89. The van der Waals surface area contributed by atoms with Crippen molar-refractivity contribution in [2.45, 2.75) is 27.2 Å². The van der Waals surface area contributed by atoms with Crippen molar-refractivity contribution in [1.29, 1.82) is 0 Å². The SMILES string of the molecule is Cc1cc(C)c2c(C)c(C(=O)NCCCOc3cccc4cccnc34)sc2n1. The molecule has 4 rings (SSSR count). The zero-order chi connectivity index (χ0) is 20.4. The highest BCUT2D eigenvalue weighted by atomic mass is 32.1. The van der Waals surface area contributed by atoms with Crippen molar-refractivity contribution < 1.29 is 9.53 Å². The van der Waals surface area contributed by atoms with Crippen LogP contribution in [0.15, 0.2) is 42.6 Å². The number of carbonyl (C=O) groups excluding carboxylic acids is 1. The molecule has 1 aromatic carbocycles. The summed E-state index contributed by atoms with van der Waals surface area (Å²) in [5, 5.41) is 5.15. The normalized spacial score (nSPS) is 11.1. The Labute approximate surface area is 173 Å². The molecule has 0 radical (unpaired) electrons. The summed E-state index contributed by atoms with van der Waals surface area (Å²) >= 11 is 1.46. The number of pyridine rings is 2. The number of benzene rings is 1. The van der Waals surface area contributed by atoms with Crippen molar-refractivity contribution in [3.63, 3.8) is 0 Å². The van der Waals surface area contributed by atoms with Crippen molar-refractivity contribution in [3.8, 4) is 5.75 Å². The summed E-state index contributed by atoms with van der Waals surface area (Å²) in [6, 6.07) is 11.9. The van der Waals surface area contributed by atoms with Crippen LogP contribution in [0.2, 0.25) is 0 Å². The van der Waals surface area contributed by atoms with Gasteiger partial charge in [0.25, 0.3) is 5.91 Å². The molecule has 0 saturated carbocycles. The molecule has 0 unspecified atom stereocenters. The first-order valence-corrected chi connectivity index (χ1v) is 10.5. The van der Waals surface area contributed by atoms with Crippen LogP contribution in [0.1, 0.15) is 32.9 Å². The van der Waals surface area contributed by atoms with Gasteiger partial charge in [-0.15, -0.1) is 11.3 Å². The van der Waals surface area contributed by atoms with Crippen LogP contribution < -0.4 is 10.1 Å². The summed E-state index contributed by atoms with van der Waals surface area (Å²) in [4.78, 5) is 23.3. The number of rotatable bonds is 6. The first-order valence-electron chi connectivity index (χ1n) is 9.66. The Bertz CT molecular complexity index is 1190. The lowest BCUT2D eigenvalue weighted by molar-refractivity contribution is 0.0955. The lowest BCUT2D eigenvalue weighted by Gasteiger charge is -2.09. The number of carbonyl (C=O) groups is 1. The minimum atomic E-state index is -0.0469. The lowest BCUT2D eigenvalue weighted by atomic mass is 10.1. The standard InChI is InChI=1S/C23H23N3O2S/c1-14-13-15(2)26-23-19(14)16(3)21(29-23)22(27)25-11-6-12-28-18-9-4-7-17-8-5-10-24-20(17)18/h4-5,7-10,13H,6,11-12H2,1-3H3,(H,25,27). The van der Waals surface area contributed by atoms with Crippen LogP contribution in [0.4, 0.5) is 0 Å². The third-order valence-corrected chi connectivity index (χ3v) is 6.08. The van der Waals surface area contributed by atoms with Gasteiger partial charge in [-0.1, -0.05) is 18.2 Å². The van der Waals surface area contributed by atoms with Gasteiger partial charge in [0.05, 0.1) is 11.5 Å². The smallest absolute Gasteiger partial charge is 0.261 e. The van der Waals surface area contributed by atoms with Gasteiger partial charge in [-0.3, -0.25) is 9.78 Å². The fraction of sp³-hybridized carbons (Fsp3) is 0.261. The molecule has 3 aromatic heterocycles. The number of nitrogens with one attached hydrogen (secondary N) is 1. The van der Waals surface area contributed by atoms with E-state index in [-0.39, 0.29) is 5.91 Å². The van der Waals surface area contributed by atoms with Gasteiger partial charge in [-0.2, -0.15) is 0 Å². The van der Waals surface area contributed by atoms with Crippen LogP contribution in [0.5, 0.6) is 5.75 Å². The average Bonchev–Trinajstić information content (AvgIpc) is 3.04. The fourth-order valence-electron chi connectivity index (χ4n) is 3.57. The maximum absolute atomic E-state index is 12.7. The van der Waals surface area contributed by atoms with E-state index in [1.54, 1.807) is 6.20 Å². The van der Waals surface area contributed by atoms with Crippen LogP contribution in [0, 0.1) is 20.8 Å². The number of hydrogen-bond acceptors (Lipinski definition) is 5. The molecule has 0 spiro atoms. The van der Waals surface area contributed by atoms with Crippen molar-refractivity contribution in [2.24, 2.45) is 0 Å². The predicted molar refractivity (Wildman–Crippen MR) is 118 cm³/mol. The third kappa shape index (κ3) is 3.93. The zero-order valence-electron chi connectivity index (χ0n) is 16.8. The Morgan fingerprint density at radius 3 is 2.86 bits per heavy atom. The molecule has 3 heterocycles. The molecule has 5 nitrogen and oxygen atoms in total. The van der Waals surface area contributed by atoms with E-state index < -0.39 is 0 Å². The fourth-order valence-corrected chi connectivity index (χ4v) is 4.78. The van der Waals surface area contributed by atoms with Crippen molar-refractivity contribution in [3.05, 3.63) is 64.3 Å². The van der Waals surface area contributed by atoms with E-state index in [9.17, 15) is 4.79 Å². The minimum Gasteiger partial charge on any atom is -0.491 e. The number of ether oxygens (including phenoxy) is 1. The number of thiophene rings is 1. The van der Waals surface area contributed by atoms with Crippen molar-refractivity contribution in [1.82, 2.24) is 15.3 Å². The van der Waals surface area contributed by atoms with Crippen LogP contribution in [-0.4, -0.2) is 29.0 Å². The first-order chi connectivity index (χ1) is 14.0. The highest BCUT2D eigenvalue weighted by Crippen LogP contribution is 2.32. The lowest BCUT2D eigenvalue weighted by Crippen LogP contribution is -2.25. The van der Waals surface area contributed by atoms with Crippen LogP contribution >= 0.6 is 11.3 Å². The summed E-state index contributed by atoms with van der Waals surface area (Å²) in [7, 11) is 0. The van der Waals surface area contributed by atoms with Crippen LogP contribution in [0.25, 0.3) is 21.1 Å². The van der Waals surface area contributed by atoms with E-state index >= 15 is 0 Å². The largest absolute Gasteiger partial charge is 0.491 e. The number of para-hydroxylation sites is 1. The van der Waals surface area contributed by atoms with Gasteiger partial charge >= 0.3 is 0 Å². The van der Waals surface area contributed by atoms with E-state index in [2.05, 4.69) is 28.3 Å². The van der Waals surface area contributed by atoms with E-state index in [0.29, 0.717) is 13.2 Å².